The highest BCUT2D eigenvalue weighted by molar-refractivity contribution is 6.35. The van der Waals surface area contributed by atoms with Crippen molar-refractivity contribution in [1.29, 1.82) is 0 Å². The number of nitrogens with zero attached hydrogens (tertiary/aromatic N) is 1. The predicted molar refractivity (Wildman–Crippen MR) is 104 cm³/mol. The molecule has 0 saturated heterocycles. The molecule has 5 heteroatoms. The number of fused-ring (bicyclic) bond motifs is 1. The monoisotopic (exact) mass is 369 g/mol. The number of imide groups is 1. The maximum absolute atomic E-state index is 12.9. The minimum absolute atomic E-state index is 0.0991. The Balaban J connectivity index is 1.69. The van der Waals surface area contributed by atoms with Crippen molar-refractivity contribution in [1.82, 2.24) is 0 Å². The highest BCUT2D eigenvalue weighted by Crippen LogP contribution is 2.30. The van der Waals surface area contributed by atoms with Crippen molar-refractivity contribution < 1.29 is 19.2 Å². The Bertz CT molecular complexity index is 1130. The molecular formula is C23H15NO4. The molecule has 3 aromatic rings. The van der Waals surface area contributed by atoms with Crippen LogP contribution in [0.4, 0.5) is 5.69 Å². The molecule has 1 aliphatic rings. The molecule has 28 heavy (non-hydrogen) atoms. The first-order chi connectivity index (χ1) is 13.5. The van der Waals surface area contributed by atoms with Crippen LogP contribution in [0.2, 0.25) is 0 Å². The molecule has 4 rings (SSSR count). The van der Waals surface area contributed by atoms with Gasteiger partial charge in [-0.25, -0.2) is 4.90 Å². The molecule has 1 heterocycles. The lowest BCUT2D eigenvalue weighted by molar-refractivity contribution is 0.0924. The lowest BCUT2D eigenvalue weighted by atomic mass is 9.99. The van der Waals surface area contributed by atoms with E-state index in [4.69, 9.17) is 0 Å². The highest BCUT2D eigenvalue weighted by Gasteiger charge is 2.37. The minimum atomic E-state index is -0.488. The summed E-state index contributed by atoms with van der Waals surface area (Å²) in [5, 5.41) is 0. The molecule has 136 valence electrons. The lowest BCUT2D eigenvalue weighted by Gasteiger charge is -2.13. The standard InChI is InChI=1S/C23H15NO4/c1-14(25)15-7-10-18(11-8-15)24-22(27)19-12-9-17(13-20(19)23(24)28)21(26)16-5-3-2-4-6-16/h2-13H,1H3. The van der Waals surface area contributed by atoms with Crippen molar-refractivity contribution in [3.05, 3.63) is 101 Å². The molecule has 0 aliphatic carbocycles. The van der Waals surface area contributed by atoms with E-state index in [0.717, 1.165) is 4.90 Å². The van der Waals surface area contributed by atoms with E-state index in [1.54, 1.807) is 54.6 Å². The van der Waals surface area contributed by atoms with Gasteiger partial charge in [0.1, 0.15) is 0 Å². The maximum atomic E-state index is 12.9. The Kier molecular flexibility index (Phi) is 4.20. The summed E-state index contributed by atoms with van der Waals surface area (Å²) >= 11 is 0. The first-order valence-electron chi connectivity index (χ1n) is 8.71. The van der Waals surface area contributed by atoms with E-state index < -0.39 is 11.8 Å². The number of hydrogen-bond donors (Lipinski definition) is 0. The van der Waals surface area contributed by atoms with Gasteiger partial charge >= 0.3 is 0 Å². The van der Waals surface area contributed by atoms with Crippen molar-refractivity contribution in [2.24, 2.45) is 0 Å². The summed E-state index contributed by atoms with van der Waals surface area (Å²) in [6.45, 7) is 1.45. The average molecular weight is 369 g/mol. The number of hydrogen-bond acceptors (Lipinski definition) is 4. The molecule has 0 bridgehead atoms. The van der Waals surface area contributed by atoms with Crippen molar-refractivity contribution in [2.75, 3.05) is 4.90 Å². The number of Topliss-reactive ketones (excluding diaryl/α,β-unsaturated/α-hetero) is 1. The van der Waals surface area contributed by atoms with E-state index in [1.807, 2.05) is 6.07 Å². The van der Waals surface area contributed by atoms with E-state index in [0.29, 0.717) is 22.4 Å². The third-order valence-corrected chi connectivity index (χ3v) is 4.72. The molecule has 0 spiro atoms. The van der Waals surface area contributed by atoms with Crippen molar-refractivity contribution in [2.45, 2.75) is 6.92 Å². The molecule has 5 nitrogen and oxygen atoms in total. The fraction of sp³-hybridized carbons (Fsp3) is 0.0435. The number of ketones is 2. The topological polar surface area (TPSA) is 71.5 Å². The Hall–Kier alpha value is -3.86. The van der Waals surface area contributed by atoms with Crippen LogP contribution in [0.25, 0.3) is 0 Å². The molecule has 0 atom stereocenters. The summed E-state index contributed by atoms with van der Waals surface area (Å²) in [6.07, 6.45) is 0. The average Bonchev–Trinajstić information content (AvgIpc) is 2.98. The summed E-state index contributed by atoms with van der Waals surface area (Å²) < 4.78 is 0. The van der Waals surface area contributed by atoms with Gasteiger partial charge in [0, 0.05) is 16.7 Å². The zero-order valence-electron chi connectivity index (χ0n) is 15.0. The molecule has 0 N–H and O–H groups in total. The lowest BCUT2D eigenvalue weighted by Crippen LogP contribution is -2.29. The van der Waals surface area contributed by atoms with Crippen molar-refractivity contribution in [3.63, 3.8) is 0 Å². The molecule has 3 aromatic carbocycles. The summed E-state index contributed by atoms with van der Waals surface area (Å²) in [6, 6.07) is 19.6. The van der Waals surface area contributed by atoms with Crippen LogP contribution >= 0.6 is 0 Å². The SMILES string of the molecule is CC(=O)c1ccc(N2C(=O)c3ccc(C(=O)c4ccccc4)cc3C2=O)cc1. The van der Waals surface area contributed by atoms with Gasteiger partial charge in [0.2, 0.25) is 0 Å². The Morgan fingerprint density at radius 1 is 0.679 bits per heavy atom. The van der Waals surface area contributed by atoms with Gasteiger partial charge < -0.3 is 0 Å². The second-order valence-corrected chi connectivity index (χ2v) is 6.50. The van der Waals surface area contributed by atoms with Crippen LogP contribution in [0.1, 0.15) is 53.9 Å². The Morgan fingerprint density at radius 2 is 1.29 bits per heavy atom. The number of carbonyl (C=O) groups excluding carboxylic acids is 4. The smallest absolute Gasteiger partial charge is 0.266 e. The van der Waals surface area contributed by atoms with Gasteiger partial charge in [-0.05, 0) is 43.3 Å². The van der Waals surface area contributed by atoms with E-state index in [9.17, 15) is 19.2 Å². The van der Waals surface area contributed by atoms with Gasteiger partial charge in [0.15, 0.2) is 11.6 Å². The van der Waals surface area contributed by atoms with E-state index >= 15 is 0 Å². The van der Waals surface area contributed by atoms with Gasteiger partial charge in [-0.1, -0.05) is 36.4 Å². The second kappa shape index (κ2) is 6.70. The summed E-state index contributed by atoms with van der Waals surface area (Å²) in [4.78, 5) is 50.7. The highest BCUT2D eigenvalue weighted by atomic mass is 16.2. The summed E-state index contributed by atoms with van der Waals surface area (Å²) in [7, 11) is 0. The third kappa shape index (κ3) is 2.83. The van der Waals surface area contributed by atoms with Crippen LogP contribution in [0.5, 0.6) is 0 Å². The molecule has 1 aliphatic heterocycles. The van der Waals surface area contributed by atoms with E-state index in [-0.39, 0.29) is 22.7 Å². The number of anilines is 1. The fourth-order valence-electron chi connectivity index (χ4n) is 3.22. The van der Waals surface area contributed by atoms with E-state index in [2.05, 4.69) is 0 Å². The zero-order chi connectivity index (χ0) is 19.8. The van der Waals surface area contributed by atoms with Crippen LogP contribution in [0.15, 0.2) is 72.8 Å². The van der Waals surface area contributed by atoms with Gasteiger partial charge in [-0.15, -0.1) is 0 Å². The van der Waals surface area contributed by atoms with Crippen LogP contribution in [0, 0.1) is 0 Å². The minimum Gasteiger partial charge on any atom is -0.295 e. The number of benzene rings is 3. The fourth-order valence-corrected chi connectivity index (χ4v) is 3.22. The summed E-state index contributed by atoms with van der Waals surface area (Å²) in [5.74, 6) is -1.25. The molecular weight excluding hydrogens is 354 g/mol. The third-order valence-electron chi connectivity index (χ3n) is 4.72. The van der Waals surface area contributed by atoms with Gasteiger partial charge in [0.25, 0.3) is 11.8 Å². The van der Waals surface area contributed by atoms with Gasteiger partial charge in [-0.2, -0.15) is 0 Å². The van der Waals surface area contributed by atoms with Crippen molar-refractivity contribution in [3.8, 4) is 0 Å². The van der Waals surface area contributed by atoms with Gasteiger partial charge in [0.05, 0.1) is 16.8 Å². The van der Waals surface area contributed by atoms with Crippen LogP contribution in [-0.4, -0.2) is 23.4 Å². The molecule has 0 aromatic heterocycles. The van der Waals surface area contributed by atoms with Gasteiger partial charge in [-0.3, -0.25) is 19.2 Å². The predicted octanol–water partition coefficient (Wildman–Crippen LogP) is 3.92. The summed E-state index contributed by atoms with van der Waals surface area (Å²) in [5.41, 5.74) is 2.19. The number of rotatable bonds is 4. The zero-order valence-corrected chi connectivity index (χ0v) is 15.0. The van der Waals surface area contributed by atoms with Crippen LogP contribution < -0.4 is 4.90 Å². The largest absolute Gasteiger partial charge is 0.295 e. The second-order valence-electron chi connectivity index (χ2n) is 6.50. The Morgan fingerprint density at radius 3 is 1.93 bits per heavy atom. The Labute approximate surface area is 161 Å². The first-order valence-corrected chi connectivity index (χ1v) is 8.71. The normalized spacial score (nSPS) is 12.8. The molecule has 2 amide bonds. The van der Waals surface area contributed by atoms with Crippen LogP contribution in [-0.2, 0) is 0 Å². The van der Waals surface area contributed by atoms with E-state index in [1.165, 1.54) is 19.1 Å². The quantitative estimate of drug-likeness (QED) is 0.516. The molecule has 0 fully saturated rings. The van der Waals surface area contributed by atoms with Crippen molar-refractivity contribution >= 4 is 29.1 Å². The number of amides is 2. The molecule has 0 radical (unpaired) electrons. The molecule has 0 unspecified atom stereocenters. The first kappa shape index (κ1) is 17.5. The molecule has 0 saturated carbocycles. The number of carbonyl (C=O) groups is 4. The van der Waals surface area contributed by atoms with Crippen LogP contribution in [0.3, 0.4) is 0 Å². The maximum Gasteiger partial charge on any atom is 0.266 e.